The van der Waals surface area contributed by atoms with Gasteiger partial charge in [0.25, 0.3) is 0 Å². The zero-order valence-electron chi connectivity index (χ0n) is 16.8. The third-order valence-corrected chi connectivity index (χ3v) is 6.83. The van der Waals surface area contributed by atoms with Gasteiger partial charge >= 0.3 is 0 Å². The van der Waals surface area contributed by atoms with Crippen LogP contribution < -0.4 is 5.48 Å². The number of imidazole rings is 1. The number of likely N-dealkylation sites (tertiary alicyclic amines) is 1. The van der Waals surface area contributed by atoms with E-state index in [1.165, 1.54) is 24.0 Å². The van der Waals surface area contributed by atoms with Crippen molar-refractivity contribution >= 4 is 11.7 Å². The second-order valence-corrected chi connectivity index (χ2v) is 8.58. The predicted octanol–water partition coefficient (Wildman–Crippen LogP) is 1.64. The zero-order valence-corrected chi connectivity index (χ0v) is 16.8. The third-order valence-electron chi connectivity index (χ3n) is 6.83. The average molecular weight is 407 g/mol. The molecule has 0 bridgehead atoms. The van der Waals surface area contributed by atoms with Crippen LogP contribution in [0.1, 0.15) is 59.7 Å². The average Bonchev–Trinajstić information content (AvgIpc) is 3.51. The van der Waals surface area contributed by atoms with Gasteiger partial charge < -0.3 is 14.6 Å². The number of carbonyl (C=O) groups is 1. The number of fused-ring (bicyclic) bond motifs is 4. The maximum absolute atomic E-state index is 12.4. The Hall–Kier alpha value is -2.71. The third kappa shape index (κ3) is 2.70. The van der Waals surface area contributed by atoms with Crippen molar-refractivity contribution in [1.82, 2.24) is 19.9 Å². The van der Waals surface area contributed by atoms with Gasteiger partial charge in [0.15, 0.2) is 5.84 Å². The highest BCUT2D eigenvalue weighted by Gasteiger charge is 2.46. The Bertz CT molecular complexity index is 1020. The molecule has 0 saturated carbocycles. The highest BCUT2D eigenvalue weighted by molar-refractivity contribution is 6.01. The molecule has 1 aromatic carbocycles. The SMILES string of the molecule is O=C1CC2Cc3c(C4=NC(c5cn6c(n5)CCCC6)ON4)cccc3C2N1CCO. The van der Waals surface area contributed by atoms with Crippen LogP contribution in [-0.4, -0.2) is 44.5 Å². The molecule has 1 fully saturated rings. The summed E-state index contributed by atoms with van der Waals surface area (Å²) in [5.41, 5.74) is 7.29. The molecule has 2 aromatic rings. The molecule has 30 heavy (non-hydrogen) atoms. The lowest BCUT2D eigenvalue weighted by molar-refractivity contribution is -0.129. The number of hydroxylamine groups is 1. The lowest BCUT2D eigenvalue weighted by atomic mass is 10.0. The molecule has 2 N–H and O–H groups in total. The minimum atomic E-state index is -0.442. The van der Waals surface area contributed by atoms with Crippen LogP contribution in [0.3, 0.4) is 0 Å². The van der Waals surface area contributed by atoms with Crippen molar-refractivity contribution in [2.24, 2.45) is 10.9 Å². The predicted molar refractivity (Wildman–Crippen MR) is 108 cm³/mol. The van der Waals surface area contributed by atoms with E-state index in [-0.39, 0.29) is 24.5 Å². The summed E-state index contributed by atoms with van der Waals surface area (Å²) in [6, 6.07) is 6.24. The molecule has 3 unspecified atom stereocenters. The summed E-state index contributed by atoms with van der Waals surface area (Å²) >= 11 is 0. The van der Waals surface area contributed by atoms with Crippen molar-refractivity contribution in [2.45, 2.75) is 50.9 Å². The fraction of sp³-hybridized carbons (Fsp3) is 0.500. The number of carbonyl (C=O) groups excluding carboxylic acids is 1. The van der Waals surface area contributed by atoms with E-state index in [4.69, 9.17) is 14.8 Å². The van der Waals surface area contributed by atoms with Crippen molar-refractivity contribution in [3.63, 3.8) is 0 Å². The molecule has 1 saturated heterocycles. The lowest BCUT2D eigenvalue weighted by Gasteiger charge is -2.24. The van der Waals surface area contributed by atoms with E-state index in [1.807, 2.05) is 11.0 Å². The molecule has 1 aliphatic carbocycles. The maximum atomic E-state index is 12.4. The number of hydrogen-bond donors (Lipinski definition) is 2. The fourth-order valence-corrected chi connectivity index (χ4v) is 5.52. The standard InChI is InChI=1S/C22H25N5O3/c28-9-8-27-19(29)11-13-10-16-14(20(13)27)4-3-5-15(16)21-24-22(30-25-21)17-12-26-7-2-1-6-18(26)23-17/h3-5,12-13,20,22,28H,1-2,6-11H2,(H,24,25). The molecule has 1 aromatic heterocycles. The second kappa shape index (κ2) is 6.92. The lowest BCUT2D eigenvalue weighted by Crippen LogP contribution is -2.30. The van der Waals surface area contributed by atoms with Gasteiger partial charge in [0.05, 0.1) is 12.6 Å². The summed E-state index contributed by atoms with van der Waals surface area (Å²) < 4.78 is 2.21. The summed E-state index contributed by atoms with van der Waals surface area (Å²) in [6.07, 6.45) is 6.38. The van der Waals surface area contributed by atoms with Crippen molar-refractivity contribution in [3.05, 3.63) is 52.6 Å². The summed E-state index contributed by atoms with van der Waals surface area (Å²) in [7, 11) is 0. The number of β-amino-alcohol motifs (C(OH)–C–C–N with tert-alkyl or cyclic N) is 1. The van der Waals surface area contributed by atoms with E-state index in [0.29, 0.717) is 13.0 Å². The Morgan fingerprint density at radius 1 is 1.27 bits per heavy atom. The highest BCUT2D eigenvalue weighted by atomic mass is 16.7. The van der Waals surface area contributed by atoms with Gasteiger partial charge in [-0.1, -0.05) is 18.2 Å². The summed E-state index contributed by atoms with van der Waals surface area (Å²) in [6.45, 7) is 1.39. The first-order valence-corrected chi connectivity index (χ1v) is 10.8. The molecule has 4 aliphatic rings. The molecule has 8 heteroatoms. The monoisotopic (exact) mass is 407 g/mol. The van der Waals surface area contributed by atoms with Gasteiger partial charge in [-0.25, -0.2) is 20.3 Å². The van der Waals surface area contributed by atoms with Crippen LogP contribution in [0.2, 0.25) is 0 Å². The van der Waals surface area contributed by atoms with Gasteiger partial charge in [0, 0.05) is 37.7 Å². The van der Waals surface area contributed by atoms with Crippen molar-refractivity contribution in [2.75, 3.05) is 13.2 Å². The molecular formula is C22H25N5O3. The van der Waals surface area contributed by atoms with Gasteiger partial charge in [-0.15, -0.1) is 0 Å². The number of hydrogen-bond acceptors (Lipinski definition) is 6. The molecule has 156 valence electrons. The molecule has 0 spiro atoms. The Kier molecular flexibility index (Phi) is 4.17. The van der Waals surface area contributed by atoms with E-state index in [2.05, 4.69) is 28.4 Å². The van der Waals surface area contributed by atoms with Gasteiger partial charge in [-0.2, -0.15) is 0 Å². The van der Waals surface area contributed by atoms with Crippen molar-refractivity contribution in [1.29, 1.82) is 0 Å². The van der Waals surface area contributed by atoms with Crippen LogP contribution in [-0.2, 0) is 29.0 Å². The Labute approximate surface area is 174 Å². The second-order valence-electron chi connectivity index (χ2n) is 8.58. The van der Waals surface area contributed by atoms with Crippen LogP contribution in [0.5, 0.6) is 0 Å². The van der Waals surface area contributed by atoms with Crippen LogP contribution in [0.25, 0.3) is 0 Å². The Morgan fingerprint density at radius 3 is 3.07 bits per heavy atom. The molecular weight excluding hydrogens is 382 g/mol. The van der Waals surface area contributed by atoms with Gasteiger partial charge in [-0.3, -0.25) is 4.79 Å². The Morgan fingerprint density at radius 2 is 2.20 bits per heavy atom. The van der Waals surface area contributed by atoms with Gasteiger partial charge in [0.1, 0.15) is 11.5 Å². The van der Waals surface area contributed by atoms with E-state index >= 15 is 0 Å². The largest absolute Gasteiger partial charge is 0.395 e. The number of aliphatic hydroxyl groups is 1. The number of nitrogens with zero attached hydrogens (tertiary/aromatic N) is 4. The number of benzene rings is 1. The van der Waals surface area contributed by atoms with E-state index < -0.39 is 6.23 Å². The first-order valence-electron chi connectivity index (χ1n) is 10.8. The smallest absolute Gasteiger partial charge is 0.223 e. The first kappa shape index (κ1) is 18.1. The number of amidine groups is 1. The first-order chi connectivity index (χ1) is 14.7. The van der Waals surface area contributed by atoms with Crippen LogP contribution in [0.15, 0.2) is 29.4 Å². The summed E-state index contributed by atoms with van der Waals surface area (Å²) in [5.74, 6) is 2.24. The highest BCUT2D eigenvalue weighted by Crippen LogP contribution is 2.48. The van der Waals surface area contributed by atoms with Crippen molar-refractivity contribution < 1.29 is 14.7 Å². The van der Waals surface area contributed by atoms with Crippen LogP contribution >= 0.6 is 0 Å². The molecule has 1 amide bonds. The molecule has 8 nitrogen and oxygen atoms in total. The number of rotatable bonds is 4. The van der Waals surface area contributed by atoms with Crippen LogP contribution in [0.4, 0.5) is 0 Å². The number of nitrogens with one attached hydrogen (secondary N) is 1. The topological polar surface area (TPSA) is 92.0 Å². The molecule has 3 aliphatic heterocycles. The summed E-state index contributed by atoms with van der Waals surface area (Å²) in [5, 5.41) is 9.39. The van der Waals surface area contributed by atoms with Gasteiger partial charge in [-0.05, 0) is 36.3 Å². The van der Waals surface area contributed by atoms with E-state index in [9.17, 15) is 9.90 Å². The van der Waals surface area contributed by atoms with E-state index in [1.54, 1.807) is 0 Å². The van der Waals surface area contributed by atoms with Gasteiger partial charge in [0.2, 0.25) is 12.1 Å². The minimum Gasteiger partial charge on any atom is -0.395 e. The number of aliphatic imine (C=N–C) groups is 1. The number of aromatic nitrogens is 2. The molecule has 3 atom stereocenters. The van der Waals surface area contributed by atoms with Crippen molar-refractivity contribution in [3.8, 4) is 0 Å². The van der Waals surface area contributed by atoms with Crippen LogP contribution in [0, 0.1) is 5.92 Å². The normalized spacial score (nSPS) is 27.0. The number of amides is 1. The van der Waals surface area contributed by atoms with E-state index in [0.717, 1.165) is 42.3 Å². The zero-order chi connectivity index (χ0) is 20.2. The molecule has 6 rings (SSSR count). The molecule has 0 radical (unpaired) electrons. The summed E-state index contributed by atoms with van der Waals surface area (Å²) in [4.78, 5) is 29.5. The minimum absolute atomic E-state index is 0.0115. The Balaban J connectivity index is 1.31. The quantitative estimate of drug-likeness (QED) is 0.804. The number of aryl methyl sites for hydroxylation is 2. The maximum Gasteiger partial charge on any atom is 0.223 e. The fourth-order valence-electron chi connectivity index (χ4n) is 5.52. The molecule has 4 heterocycles. The number of aliphatic hydroxyl groups excluding tert-OH is 1.